The van der Waals surface area contributed by atoms with Crippen LogP contribution in [0, 0.1) is 0 Å². The van der Waals surface area contributed by atoms with E-state index in [2.05, 4.69) is 18.6 Å². The van der Waals surface area contributed by atoms with Crippen LogP contribution in [0.15, 0.2) is 0 Å². The lowest BCUT2D eigenvalue weighted by Crippen LogP contribution is -1.99. The van der Waals surface area contributed by atoms with Crippen molar-refractivity contribution in [2.45, 2.75) is 206 Å². The number of carboxylic acids is 1. The van der Waals surface area contributed by atoms with Crippen molar-refractivity contribution in [2.75, 3.05) is 7.11 Å². The second-order valence-electron chi connectivity index (χ2n) is 11.7. The number of esters is 1. The Hall–Kier alpha value is -1.06. The monoisotopic (exact) mass is 555 g/mol. The number of carbonyl (C=O) groups is 2. The Morgan fingerprint density at radius 1 is 0.410 bits per heavy atom. The summed E-state index contributed by atoms with van der Waals surface area (Å²) in [5.41, 5.74) is 0. The second kappa shape index (κ2) is 36.9. The van der Waals surface area contributed by atoms with E-state index < -0.39 is 5.97 Å². The van der Waals surface area contributed by atoms with Crippen molar-refractivity contribution >= 4 is 11.9 Å². The number of hydrogen-bond donors (Lipinski definition) is 1. The molecule has 0 aromatic heterocycles. The summed E-state index contributed by atoms with van der Waals surface area (Å²) in [6, 6.07) is 0. The molecule has 0 spiro atoms. The summed E-state index contributed by atoms with van der Waals surface area (Å²) in [7, 11) is 1.46. The minimum Gasteiger partial charge on any atom is -0.481 e. The van der Waals surface area contributed by atoms with Crippen molar-refractivity contribution < 1.29 is 19.4 Å². The van der Waals surface area contributed by atoms with Crippen LogP contribution < -0.4 is 0 Å². The summed E-state index contributed by atoms with van der Waals surface area (Å²) in [4.78, 5) is 21.2. The minimum absolute atomic E-state index is 0.0658. The predicted octanol–water partition coefficient (Wildman–Crippen LogP) is 12.0. The van der Waals surface area contributed by atoms with E-state index in [9.17, 15) is 9.59 Å². The third-order valence-corrected chi connectivity index (χ3v) is 7.71. The van der Waals surface area contributed by atoms with E-state index in [-0.39, 0.29) is 5.97 Å². The summed E-state index contributed by atoms with van der Waals surface area (Å²) >= 11 is 0. The van der Waals surface area contributed by atoms with E-state index in [1.54, 1.807) is 0 Å². The van der Waals surface area contributed by atoms with Crippen LogP contribution in [0.3, 0.4) is 0 Å². The summed E-state index contributed by atoms with van der Waals surface area (Å²) in [6.07, 6.45) is 38.2. The Bertz CT molecular complexity index is 477. The lowest BCUT2D eigenvalue weighted by Gasteiger charge is -2.03. The molecule has 0 bridgehead atoms. The number of methoxy groups -OCH3 is 1. The third kappa shape index (κ3) is 41.6. The zero-order chi connectivity index (χ0) is 29.1. The largest absolute Gasteiger partial charge is 0.481 e. The molecule has 0 radical (unpaired) electrons. The van der Waals surface area contributed by atoms with Crippen LogP contribution in [0.4, 0.5) is 0 Å². The number of rotatable bonds is 30. The van der Waals surface area contributed by atoms with Crippen molar-refractivity contribution in [3.8, 4) is 0 Å². The highest BCUT2D eigenvalue weighted by Gasteiger charge is 1.99. The van der Waals surface area contributed by atoms with Crippen LogP contribution >= 0.6 is 0 Å². The van der Waals surface area contributed by atoms with Crippen LogP contribution in [0.25, 0.3) is 0 Å². The van der Waals surface area contributed by atoms with Crippen molar-refractivity contribution in [2.24, 2.45) is 0 Å². The molecule has 234 valence electrons. The van der Waals surface area contributed by atoms with Gasteiger partial charge in [-0.05, 0) is 12.8 Å². The SMILES string of the molecule is CCCCCCCCCCCCCCCCC(=O)O.CCCCCCCCCCCCCCCCC(=O)OC. The molecular formula is C35H70O4. The topological polar surface area (TPSA) is 63.6 Å². The Kier molecular flexibility index (Phi) is 38.0. The highest BCUT2D eigenvalue weighted by atomic mass is 16.5. The fraction of sp³-hybridized carbons (Fsp3) is 0.943. The molecule has 0 saturated heterocycles. The molecule has 4 heteroatoms. The molecule has 0 aromatic carbocycles. The average molecular weight is 555 g/mol. The maximum atomic E-state index is 10.9. The fourth-order valence-corrected chi connectivity index (χ4v) is 5.04. The van der Waals surface area contributed by atoms with Gasteiger partial charge < -0.3 is 9.84 Å². The fourth-order valence-electron chi connectivity index (χ4n) is 5.04. The molecule has 39 heavy (non-hydrogen) atoms. The molecule has 0 aliphatic rings. The van der Waals surface area contributed by atoms with Gasteiger partial charge in [0.05, 0.1) is 7.11 Å². The Labute approximate surface area is 244 Å². The van der Waals surface area contributed by atoms with Gasteiger partial charge in [-0.3, -0.25) is 9.59 Å². The lowest BCUT2D eigenvalue weighted by atomic mass is 10.0. The molecule has 0 heterocycles. The molecule has 0 aliphatic heterocycles. The Morgan fingerprint density at radius 3 is 0.872 bits per heavy atom. The first-order valence-corrected chi connectivity index (χ1v) is 17.4. The van der Waals surface area contributed by atoms with Gasteiger partial charge in [0.1, 0.15) is 0 Å². The third-order valence-electron chi connectivity index (χ3n) is 7.71. The standard InChI is InChI=1S/C18H36O2.C17H34O2/c1-3-4-5-6-7-8-9-10-11-12-13-14-15-16-17-18(19)20-2;1-2-3-4-5-6-7-8-9-10-11-12-13-14-15-16-17(18)19/h3-17H2,1-2H3;2-16H2,1H3,(H,18,19). The lowest BCUT2D eigenvalue weighted by molar-refractivity contribution is -0.141. The van der Waals surface area contributed by atoms with Gasteiger partial charge in [-0.25, -0.2) is 0 Å². The average Bonchev–Trinajstić information content (AvgIpc) is 2.93. The zero-order valence-corrected chi connectivity index (χ0v) is 26.9. The normalized spacial score (nSPS) is 10.7. The van der Waals surface area contributed by atoms with Gasteiger partial charge in [0.15, 0.2) is 0 Å². The smallest absolute Gasteiger partial charge is 0.305 e. The first-order valence-electron chi connectivity index (χ1n) is 17.4. The quantitative estimate of drug-likeness (QED) is 0.0708. The van der Waals surface area contributed by atoms with Crippen LogP contribution in [-0.4, -0.2) is 24.2 Å². The number of unbranched alkanes of at least 4 members (excludes halogenated alkanes) is 26. The van der Waals surface area contributed by atoms with Crippen molar-refractivity contribution in [1.82, 2.24) is 0 Å². The molecule has 0 aliphatic carbocycles. The molecule has 0 unspecified atom stereocenters. The number of ether oxygens (including phenoxy) is 1. The summed E-state index contributed by atoms with van der Waals surface area (Å²) in [5, 5.41) is 8.50. The van der Waals surface area contributed by atoms with E-state index in [4.69, 9.17) is 5.11 Å². The molecule has 0 amide bonds. The Balaban J connectivity index is 0. The highest BCUT2D eigenvalue weighted by molar-refractivity contribution is 5.69. The molecule has 4 nitrogen and oxygen atoms in total. The van der Waals surface area contributed by atoms with Gasteiger partial charge in [-0.1, -0.05) is 181 Å². The maximum Gasteiger partial charge on any atom is 0.305 e. The van der Waals surface area contributed by atoms with Gasteiger partial charge in [-0.2, -0.15) is 0 Å². The summed E-state index contributed by atoms with van der Waals surface area (Å²) in [6.45, 7) is 4.54. The molecule has 0 fully saturated rings. The number of carboxylic acid groups (broad SMARTS) is 1. The van der Waals surface area contributed by atoms with Crippen LogP contribution in [0.1, 0.15) is 206 Å². The van der Waals surface area contributed by atoms with Crippen LogP contribution in [0.5, 0.6) is 0 Å². The summed E-state index contributed by atoms with van der Waals surface area (Å²) in [5.74, 6) is -0.720. The van der Waals surface area contributed by atoms with Crippen LogP contribution in [0.2, 0.25) is 0 Å². The van der Waals surface area contributed by atoms with Gasteiger partial charge in [0, 0.05) is 12.8 Å². The summed E-state index contributed by atoms with van der Waals surface area (Å²) < 4.78 is 4.62. The van der Waals surface area contributed by atoms with Crippen molar-refractivity contribution in [3.63, 3.8) is 0 Å². The number of carbonyl (C=O) groups excluding carboxylic acids is 1. The Morgan fingerprint density at radius 2 is 0.641 bits per heavy atom. The molecular weight excluding hydrogens is 484 g/mol. The van der Waals surface area contributed by atoms with Gasteiger partial charge >= 0.3 is 11.9 Å². The zero-order valence-electron chi connectivity index (χ0n) is 26.9. The van der Waals surface area contributed by atoms with Crippen LogP contribution in [-0.2, 0) is 14.3 Å². The molecule has 0 rings (SSSR count). The first kappa shape index (κ1) is 40.1. The van der Waals surface area contributed by atoms with E-state index in [1.807, 2.05) is 0 Å². The maximum absolute atomic E-state index is 10.9. The van der Waals surface area contributed by atoms with Crippen molar-refractivity contribution in [3.05, 3.63) is 0 Å². The number of hydrogen-bond acceptors (Lipinski definition) is 3. The number of aliphatic carboxylic acids is 1. The minimum atomic E-state index is -0.654. The van der Waals surface area contributed by atoms with Gasteiger partial charge in [0.25, 0.3) is 0 Å². The first-order chi connectivity index (χ1) is 19.1. The molecule has 0 atom stereocenters. The van der Waals surface area contributed by atoms with Gasteiger partial charge in [0.2, 0.25) is 0 Å². The van der Waals surface area contributed by atoms with E-state index in [0.29, 0.717) is 12.8 Å². The van der Waals surface area contributed by atoms with E-state index in [0.717, 1.165) is 19.3 Å². The molecule has 0 saturated carbocycles. The van der Waals surface area contributed by atoms with E-state index in [1.165, 1.54) is 168 Å². The molecule has 1 N–H and O–H groups in total. The predicted molar refractivity (Wildman–Crippen MR) is 170 cm³/mol. The molecule has 0 aromatic rings. The second-order valence-corrected chi connectivity index (χ2v) is 11.7. The van der Waals surface area contributed by atoms with Crippen molar-refractivity contribution in [1.29, 1.82) is 0 Å². The highest BCUT2D eigenvalue weighted by Crippen LogP contribution is 2.14. The van der Waals surface area contributed by atoms with Gasteiger partial charge in [-0.15, -0.1) is 0 Å². The van der Waals surface area contributed by atoms with E-state index >= 15 is 0 Å².